The van der Waals surface area contributed by atoms with E-state index in [0.29, 0.717) is 5.88 Å². The molecule has 0 radical (unpaired) electrons. The first kappa shape index (κ1) is 22.4. The van der Waals surface area contributed by atoms with Crippen molar-refractivity contribution in [1.29, 1.82) is 0 Å². The van der Waals surface area contributed by atoms with Gasteiger partial charge in [-0.1, -0.05) is 54.6 Å². The lowest BCUT2D eigenvalue weighted by molar-refractivity contribution is -0.00000669. The summed E-state index contributed by atoms with van der Waals surface area (Å²) >= 11 is 0. The van der Waals surface area contributed by atoms with Gasteiger partial charge in [0.15, 0.2) is 13.9 Å². The second kappa shape index (κ2) is 9.71. The number of hydrogen-bond acceptors (Lipinski definition) is 3. The van der Waals surface area contributed by atoms with Crippen molar-refractivity contribution in [2.75, 3.05) is 19.0 Å². The van der Waals surface area contributed by atoms with Gasteiger partial charge in [0.25, 0.3) is 11.3 Å². The number of rotatable bonds is 6. The molecule has 0 aliphatic rings. The average molecular weight is 532 g/mol. The van der Waals surface area contributed by atoms with Gasteiger partial charge < -0.3 is 33.3 Å². The summed E-state index contributed by atoms with van der Waals surface area (Å²) < 4.78 is 19.5. The number of oxazole rings is 1. The van der Waals surface area contributed by atoms with Crippen molar-refractivity contribution in [1.82, 2.24) is 4.98 Å². The minimum absolute atomic E-state index is 0. The molecule has 1 aromatic heterocycles. The first-order chi connectivity index (χ1) is 14.2. The van der Waals surface area contributed by atoms with Gasteiger partial charge >= 0.3 is 0 Å². The van der Waals surface area contributed by atoms with Crippen molar-refractivity contribution in [3.63, 3.8) is 0 Å². The van der Waals surface area contributed by atoms with Gasteiger partial charge in [0.2, 0.25) is 5.89 Å². The fraction of sp³-hybridized carbons (Fsp3) is 0.125. The largest absolute Gasteiger partial charge is 1.00 e. The molecule has 4 aromatic rings. The Kier molecular flexibility index (Phi) is 7.27. The van der Waals surface area contributed by atoms with E-state index >= 15 is 0 Å². The van der Waals surface area contributed by atoms with E-state index < -0.39 is 13.9 Å². The van der Waals surface area contributed by atoms with Crippen LogP contribution in [0.25, 0.3) is 0 Å². The summed E-state index contributed by atoms with van der Waals surface area (Å²) in [5.74, 6) is 0.707. The zero-order valence-electron chi connectivity index (χ0n) is 16.9. The van der Waals surface area contributed by atoms with Gasteiger partial charge in [-0.2, -0.15) is 4.98 Å². The molecule has 0 N–H and O–H groups in total. The highest BCUT2D eigenvalue weighted by atomic mass is 127. The van der Waals surface area contributed by atoms with E-state index in [-0.39, 0.29) is 29.9 Å². The van der Waals surface area contributed by atoms with Crippen LogP contribution in [0.1, 0.15) is 5.89 Å². The van der Waals surface area contributed by atoms with Crippen LogP contribution in [0.3, 0.4) is 0 Å². The van der Waals surface area contributed by atoms with Crippen LogP contribution in [0.5, 0.6) is 0 Å². The van der Waals surface area contributed by atoms with Crippen molar-refractivity contribution >= 4 is 34.5 Å². The van der Waals surface area contributed by atoms with Crippen molar-refractivity contribution in [2.24, 2.45) is 0 Å². The van der Waals surface area contributed by atoms with Crippen LogP contribution >= 0.6 is 7.26 Å². The Labute approximate surface area is 194 Å². The number of hydrogen-bond donors (Lipinski definition) is 0. The Morgan fingerprint density at radius 3 is 1.50 bits per heavy atom. The fourth-order valence-corrected chi connectivity index (χ4v) is 7.96. The molecule has 0 spiro atoms. The zero-order valence-corrected chi connectivity index (χ0v) is 19.9. The van der Waals surface area contributed by atoms with Crippen LogP contribution in [0, 0.1) is 0 Å². The second-order valence-corrected chi connectivity index (χ2v) is 10.3. The van der Waals surface area contributed by atoms with Gasteiger partial charge in [-0.3, -0.25) is 0 Å². The quantitative estimate of drug-likeness (QED) is 0.273. The standard InChI is InChI=1S/C24H23FN2OP.HI/c1-27(2)24-23(26-22(18-25)28-24)29(19-12-6-3-7-13-19,20-14-8-4-9-15-20)21-16-10-5-11-17-21;/h3-17H,18H2,1-2H3;1H/q+1;/p-1. The molecule has 6 heteroatoms. The summed E-state index contributed by atoms with van der Waals surface area (Å²) in [4.78, 5) is 6.60. The SMILES string of the molecule is CN(C)c1oc(CF)nc1[P+](c1ccccc1)(c1ccccc1)c1ccccc1.[I-]. The Hall–Kier alpha value is -2.24. The summed E-state index contributed by atoms with van der Waals surface area (Å²) in [6, 6.07) is 31.1. The molecule has 0 atom stereocenters. The summed E-state index contributed by atoms with van der Waals surface area (Å²) in [5.41, 5.74) is 0.791. The molecule has 0 amide bonds. The van der Waals surface area contributed by atoms with E-state index in [1.54, 1.807) is 0 Å². The number of halogens is 2. The molecule has 0 aliphatic carbocycles. The van der Waals surface area contributed by atoms with Gasteiger partial charge in [0.05, 0.1) is 0 Å². The van der Waals surface area contributed by atoms with E-state index in [1.165, 1.54) is 0 Å². The van der Waals surface area contributed by atoms with E-state index in [2.05, 4.69) is 36.4 Å². The summed E-state index contributed by atoms with van der Waals surface area (Å²) in [7, 11) is 1.41. The number of nitrogens with zero attached hydrogens (tertiary/aromatic N) is 2. The van der Waals surface area contributed by atoms with Gasteiger partial charge in [-0.25, -0.2) is 4.39 Å². The highest BCUT2D eigenvalue weighted by Crippen LogP contribution is 2.55. The molecule has 0 bridgehead atoms. The highest BCUT2D eigenvalue weighted by Gasteiger charge is 2.53. The van der Waals surface area contributed by atoms with Crippen LogP contribution < -0.4 is 50.2 Å². The third-order valence-corrected chi connectivity index (χ3v) is 9.05. The molecule has 3 nitrogen and oxygen atoms in total. The topological polar surface area (TPSA) is 29.3 Å². The van der Waals surface area contributed by atoms with Crippen molar-refractivity contribution < 1.29 is 32.8 Å². The Morgan fingerprint density at radius 2 is 1.17 bits per heavy atom. The molecular formula is C24H23FIN2OP. The number of anilines is 1. The first-order valence-electron chi connectivity index (χ1n) is 9.47. The van der Waals surface area contributed by atoms with Crippen molar-refractivity contribution in [2.45, 2.75) is 6.67 Å². The smallest absolute Gasteiger partial charge is 0.261 e. The Morgan fingerprint density at radius 1 is 0.767 bits per heavy atom. The minimum atomic E-state index is -2.40. The number of alkyl halides is 1. The van der Waals surface area contributed by atoms with Gasteiger partial charge in [0.1, 0.15) is 15.9 Å². The monoisotopic (exact) mass is 532 g/mol. The first-order valence-corrected chi connectivity index (χ1v) is 11.3. The molecule has 1 heterocycles. The van der Waals surface area contributed by atoms with Crippen LogP contribution in [-0.4, -0.2) is 19.1 Å². The Bertz CT molecular complexity index is 976. The van der Waals surface area contributed by atoms with Crippen LogP contribution in [-0.2, 0) is 6.67 Å². The van der Waals surface area contributed by atoms with Gasteiger partial charge in [-0.15, -0.1) is 0 Å². The fourth-order valence-electron chi connectivity index (χ4n) is 3.68. The molecule has 30 heavy (non-hydrogen) atoms. The van der Waals surface area contributed by atoms with Gasteiger partial charge in [-0.05, 0) is 36.4 Å². The van der Waals surface area contributed by atoms with E-state index in [4.69, 9.17) is 9.40 Å². The van der Waals surface area contributed by atoms with E-state index in [0.717, 1.165) is 21.3 Å². The lowest BCUT2D eigenvalue weighted by atomic mass is 10.4. The maximum atomic E-state index is 13.6. The normalized spacial score (nSPS) is 11.0. The predicted octanol–water partition coefficient (Wildman–Crippen LogP) is 0.833. The van der Waals surface area contributed by atoms with Crippen molar-refractivity contribution in [3.05, 3.63) is 96.9 Å². The van der Waals surface area contributed by atoms with Crippen molar-refractivity contribution in [3.8, 4) is 0 Å². The molecule has 4 rings (SSSR count). The van der Waals surface area contributed by atoms with Crippen LogP contribution in [0.15, 0.2) is 95.4 Å². The van der Waals surface area contributed by atoms with E-state index in [1.807, 2.05) is 73.6 Å². The molecule has 3 aromatic carbocycles. The number of benzene rings is 3. The second-order valence-electron chi connectivity index (χ2n) is 6.94. The van der Waals surface area contributed by atoms with Gasteiger partial charge in [0, 0.05) is 14.1 Å². The zero-order chi connectivity index (χ0) is 20.3. The summed E-state index contributed by atoms with van der Waals surface area (Å²) in [6.45, 7) is -0.737. The molecule has 0 saturated carbocycles. The maximum absolute atomic E-state index is 13.6. The molecular weight excluding hydrogens is 509 g/mol. The van der Waals surface area contributed by atoms with Crippen LogP contribution in [0.2, 0.25) is 0 Å². The van der Waals surface area contributed by atoms with Crippen LogP contribution in [0.4, 0.5) is 10.3 Å². The minimum Gasteiger partial charge on any atom is -1.00 e. The highest BCUT2D eigenvalue weighted by molar-refractivity contribution is 8.01. The third-order valence-electron chi connectivity index (χ3n) is 4.91. The number of aromatic nitrogens is 1. The average Bonchev–Trinajstić information content (AvgIpc) is 3.22. The molecule has 0 aliphatic heterocycles. The molecule has 154 valence electrons. The lowest BCUT2D eigenvalue weighted by Gasteiger charge is -2.26. The summed E-state index contributed by atoms with van der Waals surface area (Å²) in [5, 5.41) is 3.46. The molecule has 0 fully saturated rings. The predicted molar refractivity (Wildman–Crippen MR) is 120 cm³/mol. The Balaban J connectivity index is 0.00000256. The molecule has 0 unspecified atom stereocenters. The lowest BCUT2D eigenvalue weighted by Crippen LogP contribution is -3.00. The third kappa shape index (κ3) is 3.88. The summed E-state index contributed by atoms with van der Waals surface area (Å²) in [6.07, 6.45) is 0. The molecule has 0 saturated heterocycles. The van der Waals surface area contributed by atoms with E-state index in [9.17, 15) is 4.39 Å². The maximum Gasteiger partial charge on any atom is 0.261 e.